The molecule has 1 N–H and O–H groups in total. The molecule has 5 heteroatoms. The molecular formula is C13H8N4O. The molecule has 0 bridgehead atoms. The van der Waals surface area contributed by atoms with E-state index in [1.165, 1.54) is 0 Å². The molecule has 0 fully saturated rings. The summed E-state index contributed by atoms with van der Waals surface area (Å²) in [5.41, 5.74) is 1.99. The van der Waals surface area contributed by atoms with Gasteiger partial charge in [0.1, 0.15) is 17.5 Å². The number of H-pyrrole nitrogens is 1. The van der Waals surface area contributed by atoms with Crippen LogP contribution in [0.15, 0.2) is 47.0 Å². The van der Waals surface area contributed by atoms with Crippen LogP contribution in [0.5, 0.6) is 0 Å². The Morgan fingerprint density at radius 1 is 1.11 bits per heavy atom. The van der Waals surface area contributed by atoms with E-state index < -0.39 is 0 Å². The normalized spacial score (nSPS) is 10.2. The minimum atomic E-state index is 0.371. The molecule has 0 aliphatic carbocycles. The number of benzene rings is 1. The highest BCUT2D eigenvalue weighted by Gasteiger charge is 2.11. The second-order valence-corrected chi connectivity index (χ2v) is 3.69. The minimum absolute atomic E-state index is 0.371. The molecule has 3 rings (SSSR count). The topological polar surface area (TPSA) is 78.5 Å². The molecule has 0 unspecified atom stereocenters. The predicted molar refractivity (Wildman–Crippen MR) is 64.2 cm³/mol. The van der Waals surface area contributed by atoms with E-state index in [-0.39, 0.29) is 0 Å². The standard InChI is InChI=1S/C13H8N4O/c14-8-10-6-7-11(15-10)13-16-12(17-18-13)9-4-2-1-3-5-9/h1-7,15H. The maximum absolute atomic E-state index is 8.73. The fraction of sp³-hybridized carbons (Fsp3) is 0. The second kappa shape index (κ2) is 4.18. The molecule has 0 saturated carbocycles. The van der Waals surface area contributed by atoms with Crippen LogP contribution in [-0.4, -0.2) is 15.1 Å². The van der Waals surface area contributed by atoms with E-state index >= 15 is 0 Å². The van der Waals surface area contributed by atoms with Crippen LogP contribution in [0.25, 0.3) is 23.0 Å². The van der Waals surface area contributed by atoms with Gasteiger partial charge in [-0.2, -0.15) is 10.2 Å². The number of nitrogens with zero attached hydrogens (tertiary/aromatic N) is 3. The molecule has 1 aromatic carbocycles. The second-order valence-electron chi connectivity index (χ2n) is 3.69. The Kier molecular flexibility index (Phi) is 2.39. The third-order valence-corrected chi connectivity index (χ3v) is 2.49. The van der Waals surface area contributed by atoms with Gasteiger partial charge in [-0.25, -0.2) is 0 Å². The molecule has 3 aromatic rings. The molecule has 18 heavy (non-hydrogen) atoms. The average molecular weight is 236 g/mol. The highest BCUT2D eigenvalue weighted by molar-refractivity contribution is 5.58. The summed E-state index contributed by atoms with van der Waals surface area (Å²) in [4.78, 5) is 7.17. The van der Waals surface area contributed by atoms with Gasteiger partial charge in [-0.1, -0.05) is 35.5 Å². The molecule has 5 nitrogen and oxygen atoms in total. The molecule has 2 heterocycles. The first kappa shape index (κ1) is 10.3. The van der Waals surface area contributed by atoms with Gasteiger partial charge in [0.2, 0.25) is 5.82 Å². The van der Waals surface area contributed by atoms with Crippen LogP contribution in [0.2, 0.25) is 0 Å². The van der Waals surface area contributed by atoms with Gasteiger partial charge < -0.3 is 9.51 Å². The van der Waals surface area contributed by atoms with E-state index in [0.29, 0.717) is 23.1 Å². The zero-order valence-electron chi connectivity index (χ0n) is 9.29. The maximum Gasteiger partial charge on any atom is 0.274 e. The smallest absolute Gasteiger partial charge is 0.274 e. The lowest BCUT2D eigenvalue weighted by atomic mass is 10.2. The fourth-order valence-electron chi connectivity index (χ4n) is 1.62. The van der Waals surface area contributed by atoms with Gasteiger partial charge in [-0.15, -0.1) is 0 Å². The number of aromatic amines is 1. The van der Waals surface area contributed by atoms with E-state index in [4.69, 9.17) is 9.78 Å². The van der Waals surface area contributed by atoms with Crippen molar-refractivity contribution >= 4 is 0 Å². The van der Waals surface area contributed by atoms with E-state index in [2.05, 4.69) is 15.1 Å². The van der Waals surface area contributed by atoms with Crippen LogP contribution < -0.4 is 0 Å². The monoisotopic (exact) mass is 236 g/mol. The quantitative estimate of drug-likeness (QED) is 0.741. The van der Waals surface area contributed by atoms with Gasteiger partial charge >= 0.3 is 0 Å². The van der Waals surface area contributed by atoms with Gasteiger partial charge in [0.25, 0.3) is 5.89 Å². The number of hydrogen-bond donors (Lipinski definition) is 1. The van der Waals surface area contributed by atoms with Crippen LogP contribution in [0.3, 0.4) is 0 Å². The van der Waals surface area contributed by atoms with Crippen molar-refractivity contribution in [2.45, 2.75) is 0 Å². The van der Waals surface area contributed by atoms with Crippen molar-refractivity contribution in [3.8, 4) is 29.0 Å². The van der Waals surface area contributed by atoms with Crippen LogP contribution in [0, 0.1) is 11.3 Å². The van der Waals surface area contributed by atoms with Gasteiger partial charge in [-0.3, -0.25) is 0 Å². The molecular weight excluding hydrogens is 228 g/mol. The van der Waals surface area contributed by atoms with Crippen molar-refractivity contribution in [3.63, 3.8) is 0 Å². The summed E-state index contributed by atoms with van der Waals surface area (Å²) in [7, 11) is 0. The van der Waals surface area contributed by atoms with Crippen molar-refractivity contribution in [3.05, 3.63) is 48.2 Å². The Labute approximate surface area is 103 Å². The van der Waals surface area contributed by atoms with Gasteiger partial charge in [0, 0.05) is 5.56 Å². The molecule has 0 spiro atoms. The molecule has 0 radical (unpaired) electrons. The van der Waals surface area contributed by atoms with Crippen LogP contribution in [0.1, 0.15) is 5.69 Å². The molecule has 0 aliphatic rings. The van der Waals surface area contributed by atoms with E-state index in [0.717, 1.165) is 5.56 Å². The number of nitriles is 1. The average Bonchev–Trinajstić information content (AvgIpc) is 3.08. The third kappa shape index (κ3) is 1.76. The summed E-state index contributed by atoms with van der Waals surface area (Å²) in [5, 5.41) is 12.6. The highest BCUT2D eigenvalue weighted by atomic mass is 16.5. The lowest BCUT2D eigenvalue weighted by Gasteiger charge is -1.90. The third-order valence-electron chi connectivity index (χ3n) is 2.49. The summed E-state index contributed by atoms with van der Waals surface area (Å²) in [6.45, 7) is 0. The molecule has 0 aliphatic heterocycles. The van der Waals surface area contributed by atoms with Crippen LogP contribution in [-0.2, 0) is 0 Å². The summed E-state index contributed by atoms with van der Waals surface area (Å²) < 4.78 is 5.16. The SMILES string of the molecule is N#Cc1ccc(-c2nc(-c3ccccc3)no2)[nH]1. The first-order valence-electron chi connectivity index (χ1n) is 5.35. The van der Waals surface area contributed by atoms with E-state index in [1.54, 1.807) is 12.1 Å². The number of nitrogens with one attached hydrogen (secondary N) is 1. The maximum atomic E-state index is 8.73. The van der Waals surface area contributed by atoms with Crippen molar-refractivity contribution in [2.75, 3.05) is 0 Å². The number of rotatable bonds is 2. The molecule has 0 amide bonds. The zero-order chi connectivity index (χ0) is 12.4. The highest BCUT2D eigenvalue weighted by Crippen LogP contribution is 2.21. The zero-order valence-corrected chi connectivity index (χ0v) is 9.29. The Hall–Kier alpha value is -2.87. The first-order chi connectivity index (χ1) is 8.86. The molecule has 2 aromatic heterocycles. The van der Waals surface area contributed by atoms with Gasteiger partial charge in [-0.05, 0) is 12.1 Å². The van der Waals surface area contributed by atoms with Crippen molar-refractivity contribution in [2.24, 2.45) is 0 Å². The van der Waals surface area contributed by atoms with E-state index in [9.17, 15) is 0 Å². The van der Waals surface area contributed by atoms with Crippen molar-refractivity contribution in [1.82, 2.24) is 15.1 Å². The predicted octanol–water partition coefficient (Wildman–Crippen LogP) is 2.60. The Morgan fingerprint density at radius 2 is 1.94 bits per heavy atom. The van der Waals surface area contributed by atoms with Crippen LogP contribution in [0.4, 0.5) is 0 Å². The minimum Gasteiger partial charge on any atom is -0.342 e. The summed E-state index contributed by atoms with van der Waals surface area (Å²) in [5.74, 6) is 0.897. The Morgan fingerprint density at radius 3 is 2.67 bits per heavy atom. The lowest BCUT2D eigenvalue weighted by molar-refractivity contribution is 0.431. The molecule has 0 saturated heterocycles. The lowest BCUT2D eigenvalue weighted by Crippen LogP contribution is -1.81. The fourth-order valence-corrected chi connectivity index (χ4v) is 1.62. The molecule has 0 atom stereocenters. The number of hydrogen-bond acceptors (Lipinski definition) is 4. The van der Waals surface area contributed by atoms with Crippen LogP contribution >= 0.6 is 0 Å². The van der Waals surface area contributed by atoms with Crippen molar-refractivity contribution < 1.29 is 4.52 Å². The first-order valence-corrected chi connectivity index (χ1v) is 5.35. The van der Waals surface area contributed by atoms with Gasteiger partial charge in [0.15, 0.2) is 0 Å². The largest absolute Gasteiger partial charge is 0.342 e. The van der Waals surface area contributed by atoms with Crippen molar-refractivity contribution in [1.29, 1.82) is 5.26 Å². The van der Waals surface area contributed by atoms with Gasteiger partial charge in [0.05, 0.1) is 0 Å². The molecule has 86 valence electrons. The summed E-state index contributed by atoms with van der Waals surface area (Å²) in [6.07, 6.45) is 0. The summed E-state index contributed by atoms with van der Waals surface area (Å²) in [6, 6.07) is 15.0. The Bertz CT molecular complexity index is 706. The van der Waals surface area contributed by atoms with E-state index in [1.807, 2.05) is 36.4 Å². The number of aromatic nitrogens is 3. The Balaban J connectivity index is 1.97. The summed E-state index contributed by atoms with van der Waals surface area (Å²) >= 11 is 0.